The molecule has 0 saturated carbocycles. The standard InChI is InChI=1S/C7H9N3/c1-10-3-2-6-7(4-10)9-5-8-6/h2-4,9H,5H2,1H3/p+1. The Kier molecular flexibility index (Phi) is 1.03. The number of rotatable bonds is 0. The van der Waals surface area contributed by atoms with Gasteiger partial charge in [-0.05, 0) is 0 Å². The quantitative estimate of drug-likeness (QED) is 0.502. The summed E-state index contributed by atoms with van der Waals surface area (Å²) in [5.41, 5.74) is 2.38. The highest BCUT2D eigenvalue weighted by molar-refractivity contribution is 5.70. The predicted octanol–water partition coefficient (Wildman–Crippen LogP) is 0.306. The van der Waals surface area contributed by atoms with Crippen molar-refractivity contribution in [2.45, 2.75) is 0 Å². The van der Waals surface area contributed by atoms with Gasteiger partial charge in [0.1, 0.15) is 12.7 Å². The SMILES string of the molecule is C[n+]1ccc2c(c1)NCN2. The largest absolute Gasteiger partial charge is 0.366 e. The first-order chi connectivity index (χ1) is 4.86. The number of nitrogens with one attached hydrogen (secondary N) is 2. The summed E-state index contributed by atoms with van der Waals surface area (Å²) < 4.78 is 2.03. The summed E-state index contributed by atoms with van der Waals surface area (Å²) in [6.45, 7) is 0.847. The molecule has 1 aromatic rings. The molecule has 3 nitrogen and oxygen atoms in total. The highest BCUT2D eigenvalue weighted by Crippen LogP contribution is 2.22. The Morgan fingerprint density at radius 2 is 2.20 bits per heavy atom. The molecule has 0 fully saturated rings. The summed E-state index contributed by atoms with van der Waals surface area (Å²) in [6, 6.07) is 2.06. The van der Waals surface area contributed by atoms with Crippen LogP contribution in [0.25, 0.3) is 0 Å². The summed E-state index contributed by atoms with van der Waals surface area (Å²) in [4.78, 5) is 0. The number of anilines is 2. The topological polar surface area (TPSA) is 27.9 Å². The third-order valence-corrected chi connectivity index (χ3v) is 1.66. The second-order valence-corrected chi connectivity index (χ2v) is 2.47. The first kappa shape index (κ1) is 5.53. The molecule has 10 heavy (non-hydrogen) atoms. The monoisotopic (exact) mass is 136 g/mol. The number of hydrogen-bond acceptors (Lipinski definition) is 2. The second-order valence-electron chi connectivity index (χ2n) is 2.47. The summed E-state index contributed by atoms with van der Waals surface area (Å²) in [7, 11) is 2.01. The van der Waals surface area contributed by atoms with Crippen LogP contribution >= 0.6 is 0 Å². The van der Waals surface area contributed by atoms with Crippen LogP contribution in [0.5, 0.6) is 0 Å². The fourth-order valence-corrected chi connectivity index (χ4v) is 1.13. The minimum atomic E-state index is 0.847. The van der Waals surface area contributed by atoms with Crippen molar-refractivity contribution in [2.24, 2.45) is 7.05 Å². The average Bonchev–Trinajstić information content (AvgIpc) is 2.33. The van der Waals surface area contributed by atoms with Crippen LogP contribution in [0.1, 0.15) is 0 Å². The van der Waals surface area contributed by atoms with Crippen LogP contribution in [-0.4, -0.2) is 6.67 Å². The number of pyridine rings is 1. The van der Waals surface area contributed by atoms with Crippen molar-refractivity contribution < 1.29 is 4.57 Å². The van der Waals surface area contributed by atoms with Gasteiger partial charge in [0.2, 0.25) is 0 Å². The van der Waals surface area contributed by atoms with Crippen LogP contribution in [0.2, 0.25) is 0 Å². The van der Waals surface area contributed by atoms with Gasteiger partial charge in [0.05, 0.1) is 12.4 Å². The van der Waals surface area contributed by atoms with Gasteiger partial charge in [-0.25, -0.2) is 4.57 Å². The summed E-state index contributed by atoms with van der Waals surface area (Å²) in [5, 5.41) is 6.41. The van der Waals surface area contributed by atoms with Crippen LogP contribution < -0.4 is 15.2 Å². The first-order valence-corrected chi connectivity index (χ1v) is 3.33. The molecule has 2 heterocycles. The van der Waals surface area contributed by atoms with Gasteiger partial charge in [-0.15, -0.1) is 0 Å². The van der Waals surface area contributed by atoms with Gasteiger partial charge in [-0.3, -0.25) is 0 Å². The van der Waals surface area contributed by atoms with Crippen molar-refractivity contribution in [2.75, 3.05) is 17.3 Å². The molecule has 0 bridgehead atoms. The highest BCUT2D eigenvalue weighted by Gasteiger charge is 2.10. The number of aromatic nitrogens is 1. The minimum Gasteiger partial charge on any atom is -0.366 e. The fraction of sp³-hybridized carbons (Fsp3) is 0.286. The van der Waals surface area contributed by atoms with E-state index in [1.54, 1.807) is 0 Å². The highest BCUT2D eigenvalue weighted by atomic mass is 15.1. The molecule has 0 atom stereocenters. The molecular weight excluding hydrogens is 126 g/mol. The van der Waals surface area contributed by atoms with E-state index in [-0.39, 0.29) is 0 Å². The summed E-state index contributed by atoms with van der Waals surface area (Å²) in [5.74, 6) is 0. The van der Waals surface area contributed by atoms with Crippen molar-refractivity contribution in [3.63, 3.8) is 0 Å². The predicted molar refractivity (Wildman–Crippen MR) is 39.7 cm³/mol. The third-order valence-electron chi connectivity index (χ3n) is 1.66. The lowest BCUT2D eigenvalue weighted by molar-refractivity contribution is -0.670. The zero-order valence-electron chi connectivity index (χ0n) is 5.89. The maximum Gasteiger partial charge on any atom is 0.194 e. The first-order valence-electron chi connectivity index (χ1n) is 3.33. The van der Waals surface area contributed by atoms with Crippen molar-refractivity contribution in [1.29, 1.82) is 0 Å². The van der Waals surface area contributed by atoms with E-state index in [4.69, 9.17) is 0 Å². The maximum atomic E-state index is 3.21. The molecule has 2 rings (SSSR count). The van der Waals surface area contributed by atoms with Crippen LogP contribution in [-0.2, 0) is 7.05 Å². The third kappa shape index (κ3) is 0.708. The molecule has 0 unspecified atom stereocenters. The fourth-order valence-electron chi connectivity index (χ4n) is 1.13. The van der Waals surface area contributed by atoms with Gasteiger partial charge >= 0.3 is 0 Å². The Hall–Kier alpha value is -1.25. The molecule has 0 aliphatic carbocycles. The van der Waals surface area contributed by atoms with E-state index in [1.165, 1.54) is 11.4 Å². The van der Waals surface area contributed by atoms with Crippen LogP contribution in [0, 0.1) is 0 Å². The van der Waals surface area contributed by atoms with E-state index in [0.29, 0.717) is 0 Å². The second kappa shape index (κ2) is 1.87. The molecule has 1 aliphatic heterocycles. The van der Waals surface area contributed by atoms with Gasteiger partial charge in [0.25, 0.3) is 0 Å². The zero-order chi connectivity index (χ0) is 6.97. The van der Waals surface area contributed by atoms with Gasteiger partial charge in [0, 0.05) is 6.07 Å². The van der Waals surface area contributed by atoms with E-state index in [9.17, 15) is 0 Å². The Labute approximate surface area is 59.7 Å². The maximum absolute atomic E-state index is 3.21. The van der Waals surface area contributed by atoms with Gasteiger partial charge in [0.15, 0.2) is 12.4 Å². The molecule has 52 valence electrons. The molecule has 0 saturated heterocycles. The van der Waals surface area contributed by atoms with Gasteiger partial charge in [-0.1, -0.05) is 0 Å². The van der Waals surface area contributed by atoms with E-state index < -0.39 is 0 Å². The number of fused-ring (bicyclic) bond motifs is 1. The Morgan fingerprint density at radius 1 is 1.40 bits per heavy atom. The van der Waals surface area contributed by atoms with Gasteiger partial charge in [-0.2, -0.15) is 0 Å². The molecule has 2 N–H and O–H groups in total. The Morgan fingerprint density at radius 3 is 3.10 bits per heavy atom. The van der Waals surface area contributed by atoms with E-state index in [2.05, 4.69) is 22.9 Å². The molecule has 0 amide bonds. The zero-order valence-corrected chi connectivity index (χ0v) is 5.89. The lowest BCUT2D eigenvalue weighted by Gasteiger charge is -1.93. The molecule has 0 radical (unpaired) electrons. The molecule has 1 aromatic heterocycles. The van der Waals surface area contributed by atoms with Crippen molar-refractivity contribution >= 4 is 11.4 Å². The molecule has 1 aliphatic rings. The molecule has 0 spiro atoms. The number of hydrogen-bond donors (Lipinski definition) is 2. The Balaban J connectivity index is 2.52. The normalized spacial score (nSPS) is 13.7. The number of aryl methyl sites for hydroxylation is 1. The average molecular weight is 136 g/mol. The molecule has 3 heteroatoms. The Bertz CT molecular complexity index is 257. The van der Waals surface area contributed by atoms with Crippen LogP contribution in [0.3, 0.4) is 0 Å². The van der Waals surface area contributed by atoms with Crippen LogP contribution in [0.4, 0.5) is 11.4 Å². The van der Waals surface area contributed by atoms with E-state index >= 15 is 0 Å². The molecular formula is C7H10N3+. The molecule has 0 aromatic carbocycles. The van der Waals surface area contributed by atoms with Crippen molar-refractivity contribution in [3.05, 3.63) is 18.5 Å². The smallest absolute Gasteiger partial charge is 0.194 e. The summed E-state index contributed by atoms with van der Waals surface area (Å²) in [6.07, 6.45) is 4.09. The van der Waals surface area contributed by atoms with Crippen molar-refractivity contribution in [1.82, 2.24) is 0 Å². The van der Waals surface area contributed by atoms with Crippen LogP contribution in [0.15, 0.2) is 18.5 Å². The minimum absolute atomic E-state index is 0.847. The van der Waals surface area contributed by atoms with Crippen molar-refractivity contribution in [3.8, 4) is 0 Å². The number of nitrogens with zero attached hydrogens (tertiary/aromatic N) is 1. The summed E-state index contributed by atoms with van der Waals surface area (Å²) >= 11 is 0. The van der Waals surface area contributed by atoms with Gasteiger partial charge < -0.3 is 10.6 Å². The van der Waals surface area contributed by atoms with E-state index in [1.807, 2.05) is 17.8 Å². The van der Waals surface area contributed by atoms with E-state index in [0.717, 1.165) is 6.67 Å². The lowest BCUT2D eigenvalue weighted by atomic mass is 10.4. The lowest BCUT2D eigenvalue weighted by Crippen LogP contribution is -2.26.